The van der Waals surface area contributed by atoms with Gasteiger partial charge in [0.2, 0.25) is 0 Å². The van der Waals surface area contributed by atoms with Crippen LogP contribution in [0.25, 0.3) is 0 Å². The summed E-state index contributed by atoms with van der Waals surface area (Å²) in [6.07, 6.45) is 0. The van der Waals surface area contributed by atoms with Crippen molar-refractivity contribution in [1.29, 1.82) is 0 Å². The summed E-state index contributed by atoms with van der Waals surface area (Å²) in [6.45, 7) is 8.83. The Morgan fingerprint density at radius 3 is 2.28 bits per heavy atom. The largest absolute Gasteiger partial charge is 0.360 e. The third-order valence-electron chi connectivity index (χ3n) is 4.76. The zero-order valence-electron chi connectivity index (χ0n) is 14.8. The van der Waals surface area contributed by atoms with Crippen LogP contribution in [0.5, 0.6) is 0 Å². The van der Waals surface area contributed by atoms with E-state index in [4.69, 9.17) is 0 Å². The topological polar surface area (TPSA) is 36.8 Å². The smallest absolute Gasteiger partial charge is 0.279 e. The molecule has 0 saturated carbocycles. The number of para-hydroxylation sites is 1. The van der Waals surface area contributed by atoms with Crippen LogP contribution in [0, 0.1) is 13.8 Å². The Labute approximate surface area is 158 Å². The number of piperazine rings is 1. The van der Waals surface area contributed by atoms with E-state index in [1.165, 1.54) is 21.7 Å². The summed E-state index contributed by atoms with van der Waals surface area (Å²) >= 11 is 3.40. The molecule has 25 heavy (non-hydrogen) atoms. The van der Waals surface area contributed by atoms with E-state index in [2.05, 4.69) is 58.2 Å². The number of hydrogen-bond acceptors (Lipinski definition) is 2. The van der Waals surface area contributed by atoms with E-state index in [9.17, 15) is 4.79 Å². The number of carbonyl (C=O) groups excluding carboxylic acids is 1. The van der Waals surface area contributed by atoms with Gasteiger partial charge in [-0.15, -0.1) is 0 Å². The van der Waals surface area contributed by atoms with E-state index in [0.29, 0.717) is 6.54 Å². The molecule has 2 aromatic carbocycles. The minimum atomic E-state index is 0.0813. The van der Waals surface area contributed by atoms with Gasteiger partial charge >= 0.3 is 0 Å². The molecule has 0 bridgehead atoms. The molecule has 5 heteroatoms. The van der Waals surface area contributed by atoms with Crippen molar-refractivity contribution in [3.63, 3.8) is 0 Å². The summed E-state index contributed by atoms with van der Waals surface area (Å²) in [5.74, 6) is 0.0813. The number of carbonyl (C=O) groups is 1. The number of anilines is 2. The van der Waals surface area contributed by atoms with Crippen LogP contribution in [0.2, 0.25) is 0 Å². The van der Waals surface area contributed by atoms with Crippen LogP contribution in [-0.4, -0.2) is 38.6 Å². The monoisotopic (exact) mass is 402 g/mol. The molecule has 1 aliphatic heterocycles. The number of quaternary nitrogens is 1. The summed E-state index contributed by atoms with van der Waals surface area (Å²) in [6, 6.07) is 14.2. The van der Waals surface area contributed by atoms with Gasteiger partial charge in [-0.05, 0) is 49.2 Å². The first-order valence-electron chi connectivity index (χ1n) is 8.73. The Morgan fingerprint density at radius 2 is 1.68 bits per heavy atom. The van der Waals surface area contributed by atoms with Crippen LogP contribution in [0.4, 0.5) is 11.4 Å². The van der Waals surface area contributed by atoms with Crippen LogP contribution < -0.4 is 15.1 Å². The molecule has 1 aliphatic rings. The highest BCUT2D eigenvalue weighted by molar-refractivity contribution is 9.10. The number of aryl methyl sites for hydroxylation is 2. The lowest BCUT2D eigenvalue weighted by Gasteiger charge is -2.35. The first-order chi connectivity index (χ1) is 12.0. The zero-order chi connectivity index (χ0) is 17.8. The summed E-state index contributed by atoms with van der Waals surface area (Å²) in [4.78, 5) is 16.1. The molecular formula is C20H25BrN3O+. The van der Waals surface area contributed by atoms with Crippen molar-refractivity contribution in [2.75, 3.05) is 42.9 Å². The second-order valence-electron chi connectivity index (χ2n) is 6.71. The number of halogens is 1. The predicted octanol–water partition coefficient (Wildman–Crippen LogP) is 2.41. The molecule has 1 fully saturated rings. The highest BCUT2D eigenvalue weighted by Gasteiger charge is 2.23. The fourth-order valence-electron chi connectivity index (χ4n) is 3.49. The zero-order valence-corrected chi connectivity index (χ0v) is 16.4. The van der Waals surface area contributed by atoms with Gasteiger partial charge in [-0.2, -0.15) is 0 Å². The van der Waals surface area contributed by atoms with Gasteiger partial charge in [0.05, 0.1) is 26.2 Å². The SMILES string of the molecule is Cc1cccc(C)c1N1CC[NH+](CC(=O)Nc2ccc(Br)cc2)CC1. The van der Waals surface area contributed by atoms with Crippen molar-refractivity contribution in [2.45, 2.75) is 13.8 Å². The van der Waals surface area contributed by atoms with E-state index < -0.39 is 0 Å². The number of amides is 1. The molecule has 132 valence electrons. The first-order valence-corrected chi connectivity index (χ1v) is 9.52. The Balaban J connectivity index is 1.52. The van der Waals surface area contributed by atoms with E-state index in [0.717, 1.165) is 36.3 Å². The Hall–Kier alpha value is -1.85. The average Bonchev–Trinajstić information content (AvgIpc) is 2.58. The normalized spacial score (nSPS) is 15.2. The van der Waals surface area contributed by atoms with Gasteiger partial charge in [-0.25, -0.2) is 0 Å². The summed E-state index contributed by atoms with van der Waals surface area (Å²) in [5, 5.41) is 2.98. The van der Waals surface area contributed by atoms with Crippen LogP contribution >= 0.6 is 15.9 Å². The quantitative estimate of drug-likeness (QED) is 0.823. The van der Waals surface area contributed by atoms with Crippen LogP contribution in [0.15, 0.2) is 46.9 Å². The van der Waals surface area contributed by atoms with E-state index >= 15 is 0 Å². The molecule has 0 aliphatic carbocycles. The third-order valence-corrected chi connectivity index (χ3v) is 5.29. The molecule has 0 atom stereocenters. The first kappa shape index (κ1) is 18.0. The molecule has 2 aromatic rings. The fourth-order valence-corrected chi connectivity index (χ4v) is 3.76. The molecule has 2 N–H and O–H groups in total. The highest BCUT2D eigenvalue weighted by Crippen LogP contribution is 2.24. The Kier molecular flexibility index (Phi) is 5.76. The van der Waals surface area contributed by atoms with Crippen LogP contribution in [0.3, 0.4) is 0 Å². The average molecular weight is 403 g/mol. The molecule has 0 aromatic heterocycles. The van der Waals surface area contributed by atoms with Gasteiger partial charge in [0.1, 0.15) is 0 Å². The molecule has 1 heterocycles. The maximum Gasteiger partial charge on any atom is 0.279 e. The summed E-state index contributed by atoms with van der Waals surface area (Å²) in [7, 11) is 0. The van der Waals surface area contributed by atoms with E-state index in [1.54, 1.807) is 0 Å². The molecule has 0 unspecified atom stereocenters. The van der Waals surface area contributed by atoms with E-state index in [1.807, 2.05) is 24.3 Å². The second kappa shape index (κ2) is 8.02. The molecule has 1 amide bonds. The van der Waals surface area contributed by atoms with Gasteiger partial charge in [-0.3, -0.25) is 4.79 Å². The summed E-state index contributed by atoms with van der Waals surface area (Å²) in [5.41, 5.74) is 4.87. The van der Waals surface area contributed by atoms with Crippen molar-refractivity contribution < 1.29 is 9.69 Å². The van der Waals surface area contributed by atoms with Gasteiger partial charge in [0, 0.05) is 15.8 Å². The number of nitrogens with zero attached hydrogens (tertiary/aromatic N) is 1. The van der Waals surface area contributed by atoms with Crippen LogP contribution in [0.1, 0.15) is 11.1 Å². The van der Waals surface area contributed by atoms with Crippen molar-refractivity contribution in [3.05, 3.63) is 58.1 Å². The maximum absolute atomic E-state index is 12.3. The van der Waals surface area contributed by atoms with Crippen molar-refractivity contribution >= 4 is 33.2 Å². The molecule has 3 rings (SSSR count). The standard InChI is InChI=1S/C20H24BrN3O/c1-15-4-3-5-16(2)20(15)24-12-10-23(11-13-24)14-19(25)22-18-8-6-17(21)7-9-18/h3-9H,10-14H2,1-2H3,(H,22,25)/p+1. The van der Waals surface area contributed by atoms with Gasteiger partial charge < -0.3 is 15.1 Å². The van der Waals surface area contributed by atoms with Gasteiger partial charge in [0.15, 0.2) is 6.54 Å². The molecular weight excluding hydrogens is 378 g/mol. The van der Waals surface area contributed by atoms with Crippen molar-refractivity contribution in [1.82, 2.24) is 0 Å². The van der Waals surface area contributed by atoms with Gasteiger partial charge in [0.25, 0.3) is 5.91 Å². The van der Waals surface area contributed by atoms with Crippen LogP contribution in [-0.2, 0) is 4.79 Å². The molecule has 0 radical (unpaired) electrons. The second-order valence-corrected chi connectivity index (χ2v) is 7.62. The number of hydrogen-bond donors (Lipinski definition) is 2. The Morgan fingerprint density at radius 1 is 1.08 bits per heavy atom. The number of nitrogens with one attached hydrogen (secondary N) is 2. The minimum absolute atomic E-state index is 0.0813. The fraction of sp³-hybridized carbons (Fsp3) is 0.350. The molecule has 0 spiro atoms. The van der Waals surface area contributed by atoms with Gasteiger partial charge in [-0.1, -0.05) is 34.1 Å². The third kappa shape index (κ3) is 4.61. The number of benzene rings is 2. The molecule has 1 saturated heterocycles. The highest BCUT2D eigenvalue weighted by atomic mass is 79.9. The van der Waals surface area contributed by atoms with Crippen molar-refractivity contribution in [3.8, 4) is 0 Å². The maximum atomic E-state index is 12.3. The van der Waals surface area contributed by atoms with Crippen molar-refractivity contribution in [2.24, 2.45) is 0 Å². The Bertz CT molecular complexity index is 717. The lowest BCUT2D eigenvalue weighted by atomic mass is 10.1. The summed E-state index contributed by atoms with van der Waals surface area (Å²) < 4.78 is 1.01. The van der Waals surface area contributed by atoms with E-state index in [-0.39, 0.29) is 5.91 Å². The lowest BCUT2D eigenvalue weighted by molar-refractivity contribution is -0.892. The minimum Gasteiger partial charge on any atom is -0.360 e. The number of rotatable bonds is 4. The lowest BCUT2D eigenvalue weighted by Crippen LogP contribution is -3.15. The predicted molar refractivity (Wildman–Crippen MR) is 106 cm³/mol. The molecule has 4 nitrogen and oxygen atoms in total.